The maximum Gasteiger partial charge on any atom is 0.186 e. The molecule has 0 spiro atoms. The van der Waals surface area contributed by atoms with Gasteiger partial charge in [-0.3, -0.25) is 9.78 Å². The lowest BCUT2D eigenvalue weighted by molar-refractivity contribution is 0.112. The van der Waals surface area contributed by atoms with Gasteiger partial charge in [0.1, 0.15) is 22.7 Å². The number of fused-ring (bicyclic) bond motifs is 1. The fraction of sp³-hybridized carbons (Fsp3) is 0.200. The first-order chi connectivity index (χ1) is 13.5. The Labute approximate surface area is 164 Å². The Morgan fingerprint density at radius 2 is 2.00 bits per heavy atom. The minimum Gasteiger partial charge on any atom is -0.496 e. The molecule has 3 aromatic rings. The number of aldehydes is 1. The van der Waals surface area contributed by atoms with E-state index in [4.69, 9.17) is 21.1 Å². The SMILES string of the molecule is COc1cc2nccc(Oc3ccc(N4CC(F)C4)c(Cl)c3F)c2cc1C=O. The fourth-order valence-corrected chi connectivity index (χ4v) is 3.38. The number of methoxy groups -OCH3 is 1. The van der Waals surface area contributed by atoms with E-state index in [0.717, 1.165) is 0 Å². The number of carbonyl (C=O) groups excluding carboxylic acids is 1. The monoisotopic (exact) mass is 404 g/mol. The Hall–Kier alpha value is -2.93. The fourth-order valence-electron chi connectivity index (χ4n) is 3.11. The number of nitrogens with zero attached hydrogens (tertiary/aromatic N) is 2. The standard InChI is InChI=1S/C20H15ClF2N2O3/c1-27-18-7-14-13(6-11(18)10-26)16(4-5-24-14)28-17-3-2-15(19(21)20(17)23)25-8-12(22)9-25/h2-7,10,12H,8-9H2,1H3. The van der Waals surface area contributed by atoms with E-state index in [1.807, 2.05) is 0 Å². The Morgan fingerprint density at radius 3 is 2.68 bits per heavy atom. The normalized spacial score (nSPS) is 14.1. The largest absolute Gasteiger partial charge is 0.496 e. The van der Waals surface area contributed by atoms with Gasteiger partial charge in [-0.2, -0.15) is 0 Å². The maximum atomic E-state index is 14.8. The van der Waals surface area contributed by atoms with Crippen molar-refractivity contribution in [2.75, 3.05) is 25.1 Å². The molecule has 1 saturated heterocycles. The van der Waals surface area contributed by atoms with Crippen LogP contribution in [0.5, 0.6) is 17.2 Å². The van der Waals surface area contributed by atoms with Crippen molar-refractivity contribution < 1.29 is 23.0 Å². The van der Waals surface area contributed by atoms with Crippen LogP contribution in [0.3, 0.4) is 0 Å². The summed E-state index contributed by atoms with van der Waals surface area (Å²) in [6, 6.07) is 7.77. The maximum absolute atomic E-state index is 14.8. The lowest BCUT2D eigenvalue weighted by Crippen LogP contribution is -2.48. The van der Waals surface area contributed by atoms with Gasteiger partial charge in [0.05, 0.1) is 37.0 Å². The summed E-state index contributed by atoms with van der Waals surface area (Å²) in [5.41, 5.74) is 1.27. The molecular formula is C20H15ClF2N2O3. The molecule has 0 radical (unpaired) electrons. The Morgan fingerprint density at radius 1 is 1.21 bits per heavy atom. The van der Waals surface area contributed by atoms with Crippen molar-refractivity contribution in [2.24, 2.45) is 0 Å². The van der Waals surface area contributed by atoms with Crippen molar-refractivity contribution in [3.8, 4) is 17.2 Å². The van der Waals surface area contributed by atoms with E-state index < -0.39 is 12.0 Å². The van der Waals surface area contributed by atoms with E-state index in [0.29, 0.717) is 39.9 Å². The smallest absolute Gasteiger partial charge is 0.186 e. The van der Waals surface area contributed by atoms with Crippen LogP contribution in [0.15, 0.2) is 36.5 Å². The van der Waals surface area contributed by atoms with Crippen molar-refractivity contribution in [3.05, 3.63) is 52.9 Å². The van der Waals surface area contributed by atoms with Crippen molar-refractivity contribution in [1.82, 2.24) is 4.98 Å². The van der Waals surface area contributed by atoms with Crippen LogP contribution in [0.2, 0.25) is 5.02 Å². The summed E-state index contributed by atoms with van der Waals surface area (Å²) in [5, 5.41) is 0.394. The number of carbonyl (C=O) groups is 1. The zero-order valence-corrected chi connectivity index (χ0v) is 15.5. The van der Waals surface area contributed by atoms with Gasteiger partial charge in [-0.05, 0) is 24.3 Å². The van der Waals surface area contributed by atoms with E-state index in [2.05, 4.69) is 4.98 Å². The zero-order chi connectivity index (χ0) is 19.8. The van der Waals surface area contributed by atoms with E-state index >= 15 is 0 Å². The van der Waals surface area contributed by atoms with Crippen LogP contribution in [0, 0.1) is 5.82 Å². The second kappa shape index (κ2) is 7.24. The van der Waals surface area contributed by atoms with Gasteiger partial charge in [-0.1, -0.05) is 11.6 Å². The minimum absolute atomic E-state index is 0.0814. The zero-order valence-electron chi connectivity index (χ0n) is 14.8. The summed E-state index contributed by atoms with van der Waals surface area (Å²) < 4.78 is 38.7. The molecule has 0 saturated carbocycles. The Kier molecular flexibility index (Phi) is 4.77. The number of ether oxygens (including phenoxy) is 2. The number of anilines is 1. The van der Waals surface area contributed by atoms with Gasteiger partial charge >= 0.3 is 0 Å². The highest BCUT2D eigenvalue weighted by atomic mass is 35.5. The second-order valence-electron chi connectivity index (χ2n) is 6.35. The van der Waals surface area contributed by atoms with Crippen LogP contribution in [-0.4, -0.2) is 37.6 Å². The third kappa shape index (κ3) is 3.11. The van der Waals surface area contributed by atoms with Crippen molar-refractivity contribution >= 4 is 34.5 Å². The number of rotatable bonds is 5. The Balaban J connectivity index is 1.72. The van der Waals surface area contributed by atoms with Crippen LogP contribution in [0.25, 0.3) is 10.9 Å². The van der Waals surface area contributed by atoms with Crippen LogP contribution in [0.1, 0.15) is 10.4 Å². The first-order valence-corrected chi connectivity index (χ1v) is 8.86. The van der Waals surface area contributed by atoms with Gasteiger partial charge in [-0.25, -0.2) is 8.78 Å². The molecule has 0 bridgehead atoms. The van der Waals surface area contributed by atoms with E-state index in [-0.39, 0.29) is 23.9 Å². The highest BCUT2D eigenvalue weighted by Crippen LogP contribution is 2.39. The quantitative estimate of drug-likeness (QED) is 0.572. The number of hydrogen-bond donors (Lipinski definition) is 0. The minimum atomic E-state index is -0.928. The summed E-state index contributed by atoms with van der Waals surface area (Å²) in [6.07, 6.45) is 1.24. The molecule has 0 N–H and O–H groups in total. The molecule has 0 amide bonds. The van der Waals surface area contributed by atoms with Gasteiger partial charge in [0.2, 0.25) is 0 Å². The number of pyridine rings is 1. The molecule has 1 aromatic heterocycles. The second-order valence-corrected chi connectivity index (χ2v) is 6.73. The van der Waals surface area contributed by atoms with Gasteiger partial charge in [0, 0.05) is 17.6 Å². The molecule has 0 atom stereocenters. The summed E-state index contributed by atoms with van der Waals surface area (Å²) in [4.78, 5) is 17.2. The highest BCUT2D eigenvalue weighted by Gasteiger charge is 2.29. The average Bonchev–Trinajstić information content (AvgIpc) is 2.68. The highest BCUT2D eigenvalue weighted by molar-refractivity contribution is 6.33. The van der Waals surface area contributed by atoms with E-state index in [1.54, 1.807) is 29.2 Å². The number of halogens is 3. The molecule has 4 rings (SSSR count). The van der Waals surface area contributed by atoms with Crippen LogP contribution >= 0.6 is 11.6 Å². The van der Waals surface area contributed by atoms with E-state index in [9.17, 15) is 13.6 Å². The molecular weight excluding hydrogens is 390 g/mol. The molecule has 1 fully saturated rings. The predicted octanol–water partition coefficient (Wildman–Crippen LogP) is 4.80. The number of benzene rings is 2. The molecule has 0 aliphatic carbocycles. The summed E-state index contributed by atoms with van der Waals surface area (Å²) >= 11 is 6.13. The topological polar surface area (TPSA) is 51.7 Å². The third-order valence-corrected chi connectivity index (χ3v) is 4.96. The molecule has 2 heterocycles. The molecule has 8 heteroatoms. The molecule has 0 unspecified atom stereocenters. The predicted molar refractivity (Wildman–Crippen MR) is 102 cm³/mol. The number of alkyl halides is 1. The first-order valence-electron chi connectivity index (χ1n) is 8.48. The molecule has 1 aliphatic rings. The van der Waals surface area contributed by atoms with E-state index in [1.165, 1.54) is 19.4 Å². The van der Waals surface area contributed by atoms with Gasteiger partial charge < -0.3 is 14.4 Å². The van der Waals surface area contributed by atoms with Crippen LogP contribution in [-0.2, 0) is 0 Å². The number of hydrogen-bond acceptors (Lipinski definition) is 5. The summed E-state index contributed by atoms with van der Waals surface area (Å²) in [7, 11) is 1.46. The van der Waals surface area contributed by atoms with Crippen LogP contribution in [0.4, 0.5) is 14.5 Å². The lowest BCUT2D eigenvalue weighted by atomic mass is 10.1. The Bertz CT molecular complexity index is 1070. The van der Waals surface area contributed by atoms with Crippen molar-refractivity contribution in [1.29, 1.82) is 0 Å². The average molecular weight is 405 g/mol. The van der Waals surface area contributed by atoms with Gasteiger partial charge in [0.15, 0.2) is 17.9 Å². The molecule has 144 valence electrons. The molecule has 28 heavy (non-hydrogen) atoms. The van der Waals surface area contributed by atoms with Gasteiger partial charge in [0.25, 0.3) is 0 Å². The molecule has 2 aromatic carbocycles. The van der Waals surface area contributed by atoms with Crippen molar-refractivity contribution in [2.45, 2.75) is 6.17 Å². The van der Waals surface area contributed by atoms with Gasteiger partial charge in [-0.15, -0.1) is 0 Å². The summed E-state index contributed by atoms with van der Waals surface area (Å²) in [6.45, 7) is 0.370. The molecule has 5 nitrogen and oxygen atoms in total. The number of aromatic nitrogens is 1. The van der Waals surface area contributed by atoms with Crippen LogP contribution < -0.4 is 14.4 Å². The molecule has 1 aliphatic heterocycles. The third-order valence-electron chi connectivity index (χ3n) is 4.60. The lowest BCUT2D eigenvalue weighted by Gasteiger charge is -2.37. The van der Waals surface area contributed by atoms with Crippen molar-refractivity contribution in [3.63, 3.8) is 0 Å². The first kappa shape index (κ1) is 18.4. The summed E-state index contributed by atoms with van der Waals surface area (Å²) in [5.74, 6) is -0.129.